The van der Waals surface area contributed by atoms with E-state index in [1.807, 2.05) is 0 Å². The maximum Gasteiger partial charge on any atom is 0.0272 e. The molecular formula is C10H22N2S. The maximum absolute atomic E-state index is 5.62. The van der Waals surface area contributed by atoms with Crippen LogP contribution in [0.3, 0.4) is 0 Å². The fraction of sp³-hybridized carbons (Fsp3) is 1.00. The van der Waals surface area contributed by atoms with E-state index >= 15 is 0 Å². The summed E-state index contributed by atoms with van der Waals surface area (Å²) in [6.07, 6.45) is 3.89. The molecule has 0 spiro atoms. The number of hydrogen-bond donors (Lipinski definition) is 2. The van der Waals surface area contributed by atoms with Crippen molar-refractivity contribution in [2.45, 2.75) is 39.2 Å². The molecule has 2 nitrogen and oxygen atoms in total. The SMILES string of the molecule is CCCC(C)C(NN)C1CCSC1. The van der Waals surface area contributed by atoms with E-state index in [2.05, 4.69) is 31.0 Å². The monoisotopic (exact) mass is 202 g/mol. The highest BCUT2D eigenvalue weighted by atomic mass is 32.2. The molecule has 0 bridgehead atoms. The maximum atomic E-state index is 5.62. The lowest BCUT2D eigenvalue weighted by atomic mass is 9.87. The molecule has 0 aromatic carbocycles. The molecule has 0 amide bonds. The molecule has 3 atom stereocenters. The Morgan fingerprint density at radius 1 is 1.62 bits per heavy atom. The highest BCUT2D eigenvalue weighted by Crippen LogP contribution is 2.30. The summed E-state index contributed by atoms with van der Waals surface area (Å²) in [4.78, 5) is 0. The van der Waals surface area contributed by atoms with Gasteiger partial charge in [0.2, 0.25) is 0 Å². The fourth-order valence-corrected chi connectivity index (χ4v) is 3.55. The molecule has 0 aromatic heterocycles. The first-order chi connectivity index (χ1) is 6.29. The summed E-state index contributed by atoms with van der Waals surface area (Å²) in [6, 6.07) is 0.537. The van der Waals surface area contributed by atoms with E-state index in [4.69, 9.17) is 5.84 Å². The standard InChI is InChI=1S/C10H22N2S/c1-3-4-8(2)10(12-11)9-5-6-13-7-9/h8-10,12H,3-7,11H2,1-2H3. The van der Waals surface area contributed by atoms with E-state index in [1.54, 1.807) is 0 Å². The van der Waals surface area contributed by atoms with Crippen LogP contribution in [0.4, 0.5) is 0 Å². The Morgan fingerprint density at radius 3 is 2.85 bits per heavy atom. The minimum atomic E-state index is 0.537. The molecular weight excluding hydrogens is 180 g/mol. The zero-order valence-electron chi connectivity index (χ0n) is 8.75. The van der Waals surface area contributed by atoms with Gasteiger partial charge < -0.3 is 0 Å². The van der Waals surface area contributed by atoms with Crippen LogP contribution in [0.1, 0.15) is 33.1 Å². The van der Waals surface area contributed by atoms with Gasteiger partial charge in [0.1, 0.15) is 0 Å². The van der Waals surface area contributed by atoms with E-state index in [0.29, 0.717) is 6.04 Å². The van der Waals surface area contributed by atoms with Crippen LogP contribution in [-0.2, 0) is 0 Å². The molecule has 13 heavy (non-hydrogen) atoms. The molecule has 3 N–H and O–H groups in total. The normalized spacial score (nSPS) is 27.5. The smallest absolute Gasteiger partial charge is 0.0272 e. The van der Waals surface area contributed by atoms with Gasteiger partial charge in [-0.1, -0.05) is 20.3 Å². The topological polar surface area (TPSA) is 38.0 Å². The molecule has 1 saturated heterocycles. The van der Waals surface area contributed by atoms with Crippen LogP contribution in [0.15, 0.2) is 0 Å². The van der Waals surface area contributed by atoms with Gasteiger partial charge in [-0.25, -0.2) is 0 Å². The summed E-state index contributed by atoms with van der Waals surface area (Å²) in [6.45, 7) is 4.56. The zero-order chi connectivity index (χ0) is 9.68. The van der Waals surface area contributed by atoms with Gasteiger partial charge in [-0.15, -0.1) is 0 Å². The van der Waals surface area contributed by atoms with Gasteiger partial charge in [-0.05, 0) is 36.2 Å². The molecule has 1 heterocycles. The second-order valence-corrected chi connectivity index (χ2v) is 5.23. The van der Waals surface area contributed by atoms with E-state index < -0.39 is 0 Å². The van der Waals surface area contributed by atoms with E-state index in [-0.39, 0.29) is 0 Å². The highest BCUT2D eigenvalue weighted by molar-refractivity contribution is 7.99. The Morgan fingerprint density at radius 2 is 2.38 bits per heavy atom. The first-order valence-corrected chi connectivity index (χ1v) is 6.49. The number of nitrogens with two attached hydrogens (primary N) is 1. The van der Waals surface area contributed by atoms with Crippen molar-refractivity contribution < 1.29 is 0 Å². The Balaban J connectivity index is 2.39. The average Bonchev–Trinajstić information content (AvgIpc) is 2.59. The second-order valence-electron chi connectivity index (χ2n) is 4.08. The number of hydrogen-bond acceptors (Lipinski definition) is 3. The van der Waals surface area contributed by atoms with E-state index in [1.165, 1.54) is 30.8 Å². The quantitative estimate of drug-likeness (QED) is 0.529. The van der Waals surface area contributed by atoms with Crippen molar-refractivity contribution in [3.63, 3.8) is 0 Å². The first-order valence-electron chi connectivity index (χ1n) is 5.33. The van der Waals surface area contributed by atoms with Gasteiger partial charge >= 0.3 is 0 Å². The molecule has 1 aliphatic heterocycles. The molecule has 1 fully saturated rings. The van der Waals surface area contributed by atoms with Gasteiger partial charge in [-0.3, -0.25) is 11.3 Å². The second kappa shape index (κ2) is 5.89. The molecule has 3 unspecified atom stereocenters. The summed E-state index contributed by atoms with van der Waals surface area (Å²) in [7, 11) is 0. The fourth-order valence-electron chi connectivity index (χ4n) is 2.24. The first kappa shape index (κ1) is 11.3. The molecule has 1 aliphatic rings. The summed E-state index contributed by atoms with van der Waals surface area (Å²) in [5, 5.41) is 0. The number of nitrogens with one attached hydrogen (secondary N) is 1. The third kappa shape index (κ3) is 3.15. The molecule has 78 valence electrons. The van der Waals surface area contributed by atoms with Crippen molar-refractivity contribution in [3.8, 4) is 0 Å². The van der Waals surface area contributed by atoms with E-state index in [9.17, 15) is 0 Å². The van der Waals surface area contributed by atoms with Crippen LogP contribution in [0.2, 0.25) is 0 Å². The molecule has 0 aliphatic carbocycles. The van der Waals surface area contributed by atoms with Gasteiger partial charge in [0.25, 0.3) is 0 Å². The number of thioether (sulfide) groups is 1. The molecule has 0 saturated carbocycles. The van der Waals surface area contributed by atoms with Crippen LogP contribution < -0.4 is 11.3 Å². The Hall–Kier alpha value is 0.270. The zero-order valence-corrected chi connectivity index (χ0v) is 9.57. The largest absolute Gasteiger partial charge is 0.271 e. The summed E-state index contributed by atoms with van der Waals surface area (Å²) >= 11 is 2.07. The third-order valence-electron chi connectivity index (χ3n) is 3.02. The molecule has 3 heteroatoms. The van der Waals surface area contributed by atoms with Crippen LogP contribution in [0, 0.1) is 11.8 Å². The highest BCUT2D eigenvalue weighted by Gasteiger charge is 2.28. The Kier molecular flexibility index (Phi) is 5.14. The van der Waals surface area contributed by atoms with Gasteiger partial charge in [0, 0.05) is 6.04 Å². The van der Waals surface area contributed by atoms with E-state index in [0.717, 1.165) is 11.8 Å². The lowest BCUT2D eigenvalue weighted by molar-refractivity contribution is 0.277. The van der Waals surface area contributed by atoms with Crippen molar-refractivity contribution in [2.75, 3.05) is 11.5 Å². The van der Waals surface area contributed by atoms with Crippen molar-refractivity contribution in [3.05, 3.63) is 0 Å². The Labute approximate surface area is 86.0 Å². The summed E-state index contributed by atoms with van der Waals surface area (Å²) in [5.74, 6) is 9.76. The van der Waals surface area contributed by atoms with Crippen LogP contribution in [0.5, 0.6) is 0 Å². The van der Waals surface area contributed by atoms with Crippen molar-refractivity contribution in [2.24, 2.45) is 17.7 Å². The van der Waals surface area contributed by atoms with Crippen LogP contribution in [-0.4, -0.2) is 17.5 Å². The van der Waals surface area contributed by atoms with Crippen LogP contribution in [0.25, 0.3) is 0 Å². The minimum absolute atomic E-state index is 0.537. The van der Waals surface area contributed by atoms with Gasteiger partial charge in [-0.2, -0.15) is 11.8 Å². The molecule has 0 aromatic rings. The van der Waals surface area contributed by atoms with Crippen molar-refractivity contribution in [1.82, 2.24) is 5.43 Å². The van der Waals surface area contributed by atoms with Crippen molar-refractivity contribution >= 4 is 11.8 Å². The Bertz CT molecular complexity index is 135. The summed E-state index contributed by atoms with van der Waals surface area (Å²) in [5.41, 5.74) is 3.02. The lowest BCUT2D eigenvalue weighted by Crippen LogP contribution is -2.45. The number of rotatable bonds is 5. The van der Waals surface area contributed by atoms with Gasteiger partial charge in [0.15, 0.2) is 0 Å². The predicted octanol–water partition coefficient (Wildman–Crippen LogP) is 2.01. The average molecular weight is 202 g/mol. The predicted molar refractivity (Wildman–Crippen MR) is 60.6 cm³/mol. The lowest BCUT2D eigenvalue weighted by Gasteiger charge is -2.28. The van der Waals surface area contributed by atoms with Gasteiger partial charge in [0.05, 0.1) is 0 Å². The number of hydrazine groups is 1. The third-order valence-corrected chi connectivity index (χ3v) is 4.21. The molecule has 0 radical (unpaired) electrons. The van der Waals surface area contributed by atoms with Crippen LogP contribution >= 0.6 is 11.8 Å². The summed E-state index contributed by atoms with van der Waals surface area (Å²) < 4.78 is 0. The van der Waals surface area contributed by atoms with Crippen molar-refractivity contribution in [1.29, 1.82) is 0 Å². The minimum Gasteiger partial charge on any atom is -0.271 e. The molecule has 1 rings (SSSR count).